The average Bonchev–Trinajstić information content (AvgIpc) is 1.98. The molecule has 0 radical (unpaired) electrons. The monoisotopic (exact) mass is 161 g/mol. The third-order valence-corrected chi connectivity index (χ3v) is 1.34. The van der Waals surface area contributed by atoms with Crippen LogP contribution < -0.4 is 5.32 Å². The van der Waals surface area contributed by atoms with E-state index in [-0.39, 0.29) is 11.8 Å². The fourth-order valence-electron chi connectivity index (χ4n) is 0.424. The Morgan fingerprint density at radius 1 is 1.70 bits per heavy atom. The van der Waals surface area contributed by atoms with Crippen molar-refractivity contribution in [3.8, 4) is 0 Å². The summed E-state index contributed by atoms with van der Waals surface area (Å²) >= 11 is 5.37. The molecule has 0 aromatic heterocycles. The van der Waals surface area contributed by atoms with Crippen molar-refractivity contribution < 1.29 is 4.79 Å². The van der Waals surface area contributed by atoms with Crippen LogP contribution >= 0.6 is 11.6 Å². The number of halogens is 1. The lowest BCUT2D eigenvalue weighted by Gasteiger charge is -2.01. The molecule has 0 bridgehead atoms. The summed E-state index contributed by atoms with van der Waals surface area (Å²) in [5, 5.41) is 2.66. The van der Waals surface area contributed by atoms with Crippen LogP contribution in [0.4, 0.5) is 0 Å². The Morgan fingerprint density at radius 2 is 2.30 bits per heavy atom. The van der Waals surface area contributed by atoms with Gasteiger partial charge in [0.25, 0.3) is 0 Å². The number of carbonyl (C=O) groups excluding carboxylic acids is 1. The predicted octanol–water partition coefficient (Wildman–Crippen LogP) is 1.31. The Kier molecular flexibility index (Phi) is 5.03. The molecule has 10 heavy (non-hydrogen) atoms. The Bertz CT molecular complexity index is 134. The van der Waals surface area contributed by atoms with Gasteiger partial charge < -0.3 is 5.32 Å². The van der Waals surface area contributed by atoms with Crippen molar-refractivity contribution in [1.29, 1.82) is 0 Å². The van der Waals surface area contributed by atoms with Crippen LogP contribution in [0, 0.1) is 0 Å². The molecule has 0 heterocycles. The van der Waals surface area contributed by atoms with Crippen LogP contribution in [0.3, 0.4) is 0 Å². The predicted molar refractivity (Wildman–Crippen MR) is 43.2 cm³/mol. The fourth-order valence-corrected chi connectivity index (χ4v) is 0.546. The third-order valence-electron chi connectivity index (χ3n) is 1.02. The van der Waals surface area contributed by atoms with Gasteiger partial charge in [0.2, 0.25) is 5.91 Å². The SMILES string of the molecule is C=C(CCl)C(=O)NCCC. The molecule has 0 aliphatic heterocycles. The molecule has 0 aromatic carbocycles. The van der Waals surface area contributed by atoms with Gasteiger partial charge in [-0.2, -0.15) is 0 Å². The van der Waals surface area contributed by atoms with Gasteiger partial charge >= 0.3 is 0 Å². The minimum atomic E-state index is -0.142. The highest BCUT2D eigenvalue weighted by Crippen LogP contribution is 1.92. The zero-order valence-corrected chi connectivity index (χ0v) is 6.87. The summed E-state index contributed by atoms with van der Waals surface area (Å²) in [6.45, 7) is 6.16. The van der Waals surface area contributed by atoms with Gasteiger partial charge in [0.15, 0.2) is 0 Å². The Labute approximate surface area is 66.3 Å². The van der Waals surface area contributed by atoms with Crippen molar-refractivity contribution >= 4 is 17.5 Å². The summed E-state index contributed by atoms with van der Waals surface area (Å²) < 4.78 is 0. The summed E-state index contributed by atoms with van der Waals surface area (Å²) in [6.07, 6.45) is 0.932. The van der Waals surface area contributed by atoms with Crippen molar-refractivity contribution in [2.24, 2.45) is 0 Å². The Balaban J connectivity index is 3.52. The number of alkyl halides is 1. The summed E-state index contributed by atoms with van der Waals surface area (Å²) in [5.74, 6) is 0.0621. The number of hydrogen-bond acceptors (Lipinski definition) is 1. The second-order valence-electron chi connectivity index (χ2n) is 1.99. The largest absolute Gasteiger partial charge is 0.352 e. The first kappa shape index (κ1) is 9.50. The lowest BCUT2D eigenvalue weighted by atomic mass is 10.3. The molecule has 0 aliphatic rings. The van der Waals surface area contributed by atoms with Crippen molar-refractivity contribution in [1.82, 2.24) is 5.32 Å². The Morgan fingerprint density at radius 3 is 2.70 bits per heavy atom. The van der Waals surface area contributed by atoms with Gasteiger partial charge in [-0.25, -0.2) is 0 Å². The number of carbonyl (C=O) groups is 1. The number of hydrogen-bond donors (Lipinski definition) is 1. The molecular formula is C7H12ClNO. The zero-order chi connectivity index (χ0) is 7.98. The van der Waals surface area contributed by atoms with Gasteiger partial charge in [0.05, 0.1) is 5.88 Å². The molecule has 1 amide bonds. The summed E-state index contributed by atoms with van der Waals surface area (Å²) in [5.41, 5.74) is 0.426. The van der Waals surface area contributed by atoms with Crippen LogP contribution in [0.1, 0.15) is 13.3 Å². The van der Waals surface area contributed by atoms with E-state index in [1.54, 1.807) is 0 Å². The minimum Gasteiger partial charge on any atom is -0.352 e. The maximum absolute atomic E-state index is 10.8. The summed E-state index contributed by atoms with van der Waals surface area (Å²) in [4.78, 5) is 10.8. The van der Waals surface area contributed by atoms with Crippen molar-refractivity contribution in [2.45, 2.75) is 13.3 Å². The fraction of sp³-hybridized carbons (Fsp3) is 0.571. The van der Waals surface area contributed by atoms with E-state index in [4.69, 9.17) is 11.6 Å². The molecule has 0 rings (SSSR count). The lowest BCUT2D eigenvalue weighted by molar-refractivity contribution is -0.117. The molecule has 3 heteroatoms. The first-order valence-corrected chi connectivity index (χ1v) is 3.77. The van der Waals surface area contributed by atoms with Crippen LogP contribution in [-0.2, 0) is 4.79 Å². The van der Waals surface area contributed by atoms with Crippen LogP contribution in [0.5, 0.6) is 0 Å². The van der Waals surface area contributed by atoms with Gasteiger partial charge in [-0.05, 0) is 6.42 Å². The number of rotatable bonds is 4. The molecule has 0 saturated heterocycles. The second-order valence-corrected chi connectivity index (χ2v) is 2.26. The van der Waals surface area contributed by atoms with E-state index in [0.29, 0.717) is 12.1 Å². The van der Waals surface area contributed by atoms with E-state index in [9.17, 15) is 4.79 Å². The molecule has 0 fully saturated rings. The highest BCUT2D eigenvalue weighted by molar-refractivity contribution is 6.22. The van der Waals surface area contributed by atoms with E-state index in [2.05, 4.69) is 11.9 Å². The lowest BCUT2D eigenvalue weighted by Crippen LogP contribution is -2.25. The molecule has 0 spiro atoms. The highest BCUT2D eigenvalue weighted by Gasteiger charge is 2.02. The minimum absolute atomic E-state index is 0.142. The molecule has 0 aliphatic carbocycles. The van der Waals surface area contributed by atoms with Crippen molar-refractivity contribution in [3.63, 3.8) is 0 Å². The van der Waals surface area contributed by atoms with Gasteiger partial charge in [-0.3, -0.25) is 4.79 Å². The van der Waals surface area contributed by atoms with Crippen molar-refractivity contribution in [3.05, 3.63) is 12.2 Å². The maximum atomic E-state index is 10.8. The number of amides is 1. The zero-order valence-electron chi connectivity index (χ0n) is 6.11. The maximum Gasteiger partial charge on any atom is 0.247 e. The molecule has 0 aromatic rings. The molecule has 2 nitrogen and oxygen atoms in total. The van der Waals surface area contributed by atoms with E-state index < -0.39 is 0 Å². The molecule has 0 saturated carbocycles. The molecule has 1 N–H and O–H groups in total. The summed E-state index contributed by atoms with van der Waals surface area (Å²) in [6, 6.07) is 0. The Hall–Kier alpha value is -0.500. The quantitative estimate of drug-likeness (QED) is 0.489. The van der Waals surface area contributed by atoms with E-state index in [0.717, 1.165) is 6.42 Å². The standard InChI is InChI=1S/C7H12ClNO/c1-3-4-9-7(10)6(2)5-8/h2-5H2,1H3,(H,9,10). The molecule has 0 unspecified atom stereocenters. The second kappa shape index (κ2) is 5.30. The van der Waals surface area contributed by atoms with Crippen LogP contribution in [0.15, 0.2) is 12.2 Å². The van der Waals surface area contributed by atoms with E-state index in [1.807, 2.05) is 6.92 Å². The summed E-state index contributed by atoms with van der Waals surface area (Å²) in [7, 11) is 0. The van der Waals surface area contributed by atoms with E-state index >= 15 is 0 Å². The normalized spacial score (nSPS) is 9.00. The van der Waals surface area contributed by atoms with Crippen LogP contribution in [0.2, 0.25) is 0 Å². The topological polar surface area (TPSA) is 29.1 Å². The van der Waals surface area contributed by atoms with Crippen LogP contribution in [0.25, 0.3) is 0 Å². The first-order valence-electron chi connectivity index (χ1n) is 3.24. The van der Waals surface area contributed by atoms with Gasteiger partial charge in [-0.15, -0.1) is 11.6 Å². The van der Waals surface area contributed by atoms with Crippen molar-refractivity contribution in [2.75, 3.05) is 12.4 Å². The highest BCUT2D eigenvalue weighted by atomic mass is 35.5. The molecule has 0 atom stereocenters. The third kappa shape index (κ3) is 3.51. The van der Waals surface area contributed by atoms with Crippen LogP contribution in [-0.4, -0.2) is 18.3 Å². The van der Waals surface area contributed by atoms with Gasteiger partial charge in [0, 0.05) is 12.1 Å². The first-order chi connectivity index (χ1) is 4.72. The molecular weight excluding hydrogens is 150 g/mol. The smallest absolute Gasteiger partial charge is 0.247 e. The van der Waals surface area contributed by atoms with Gasteiger partial charge in [0.1, 0.15) is 0 Å². The number of nitrogens with one attached hydrogen (secondary N) is 1. The molecule has 58 valence electrons. The average molecular weight is 162 g/mol. The van der Waals surface area contributed by atoms with Gasteiger partial charge in [-0.1, -0.05) is 13.5 Å². The van der Waals surface area contributed by atoms with E-state index in [1.165, 1.54) is 0 Å².